The van der Waals surface area contributed by atoms with Gasteiger partial charge < -0.3 is 59.1 Å². The molecule has 0 aromatic rings. The molecule has 1 unspecified atom stereocenters. The highest BCUT2D eigenvalue weighted by atomic mass is 31.2. The molecule has 9 atom stereocenters. The van der Waals surface area contributed by atoms with Gasteiger partial charge in [-0.3, -0.25) is 33.3 Å². The van der Waals surface area contributed by atoms with Gasteiger partial charge in [-0.25, -0.2) is 9.36 Å². The number of ether oxygens (including phenoxy) is 6. The first-order valence-electron chi connectivity index (χ1n) is 38.1. The summed E-state index contributed by atoms with van der Waals surface area (Å²) in [5.41, 5.74) is 0. The second kappa shape index (κ2) is 59.2. The number of aliphatic hydroxyl groups excluding tert-OH is 1. The molecule has 6 N–H and O–H groups in total. The predicted molar refractivity (Wildman–Crippen MR) is 370 cm³/mol. The molecule has 1 aliphatic rings. The van der Waals surface area contributed by atoms with Crippen molar-refractivity contribution in [2.24, 2.45) is 0 Å². The molecule has 2 amide bonds. The summed E-state index contributed by atoms with van der Waals surface area (Å²) in [6, 6.07) is -3.59. The molecule has 556 valence electrons. The van der Waals surface area contributed by atoms with E-state index in [0.717, 1.165) is 173 Å². The minimum atomic E-state index is -5.55. The van der Waals surface area contributed by atoms with Crippen LogP contribution in [-0.2, 0) is 71.1 Å². The van der Waals surface area contributed by atoms with Crippen molar-refractivity contribution in [3.8, 4) is 0 Å². The van der Waals surface area contributed by atoms with Gasteiger partial charge in [-0.15, -0.1) is 0 Å². The first-order valence-corrected chi connectivity index (χ1v) is 39.6. The van der Waals surface area contributed by atoms with Crippen molar-refractivity contribution in [3.05, 3.63) is 0 Å². The van der Waals surface area contributed by atoms with Crippen molar-refractivity contribution in [3.63, 3.8) is 0 Å². The molecule has 0 radical (unpaired) electrons. The lowest BCUT2D eigenvalue weighted by Gasteiger charge is -2.45. The maximum absolute atomic E-state index is 14.7. The lowest BCUT2D eigenvalue weighted by atomic mass is 9.95. The van der Waals surface area contributed by atoms with E-state index < -0.39 is 131 Å². The third-order valence-corrected chi connectivity index (χ3v) is 18.2. The van der Waals surface area contributed by atoms with Crippen LogP contribution in [0, 0.1) is 0 Å². The molecule has 22 heteroatoms. The quantitative estimate of drug-likeness (QED) is 0.0143. The van der Waals surface area contributed by atoms with E-state index in [1.165, 1.54) is 44.9 Å². The Kier molecular flexibility index (Phi) is 55.6. The molecule has 1 fully saturated rings. The molecule has 0 spiro atoms. The SMILES string of the molecule is CCCCCCCCCCC[C@H](CC(=O)N[C@@H](COC1O[C@H](CO)[C@@H](OP(=O)(O)O)[C@H](OC(=O)C[C@@H](CCCCCCCCCCC)OC(=O)CCCCC)[C@H]1NC(=O)C[C@@H](CCCCCCCCCCC)OC(=O)CCCCCCCCC)C(=O)O)OC(=O)CCCCC. The number of hydrogen-bond acceptors (Lipinski definition) is 16. The molecular weight excluding hydrogens is 1240 g/mol. The average molecular weight is 1380 g/mol. The number of nitrogens with one attached hydrogen (secondary N) is 2. The number of amides is 2. The molecule has 0 bridgehead atoms. The zero-order valence-electron chi connectivity index (χ0n) is 60.1. The van der Waals surface area contributed by atoms with Crippen molar-refractivity contribution in [2.45, 2.75) is 411 Å². The van der Waals surface area contributed by atoms with Gasteiger partial charge in [0.25, 0.3) is 0 Å². The summed E-state index contributed by atoms with van der Waals surface area (Å²) in [5, 5.41) is 26.7. The van der Waals surface area contributed by atoms with Crippen LogP contribution < -0.4 is 10.6 Å². The Balaban J connectivity index is 3.81. The van der Waals surface area contributed by atoms with Crippen molar-refractivity contribution in [1.82, 2.24) is 10.6 Å². The highest BCUT2D eigenvalue weighted by Gasteiger charge is 2.52. The number of aliphatic hydroxyl groups is 1. The smallest absolute Gasteiger partial charge is 0.470 e. The van der Waals surface area contributed by atoms with Crippen molar-refractivity contribution < 1.29 is 91.1 Å². The summed E-state index contributed by atoms with van der Waals surface area (Å²) in [6.07, 6.45) is 28.8. The second-order valence-corrected chi connectivity index (χ2v) is 27.9. The van der Waals surface area contributed by atoms with Gasteiger partial charge in [0.15, 0.2) is 18.4 Å². The second-order valence-electron chi connectivity index (χ2n) is 26.7. The fourth-order valence-corrected chi connectivity index (χ4v) is 12.7. The van der Waals surface area contributed by atoms with E-state index in [1.807, 2.05) is 13.8 Å². The van der Waals surface area contributed by atoms with E-state index in [1.54, 1.807) is 0 Å². The minimum absolute atomic E-state index is 0.111. The van der Waals surface area contributed by atoms with Gasteiger partial charge >= 0.3 is 37.7 Å². The van der Waals surface area contributed by atoms with Crippen LogP contribution in [0.4, 0.5) is 0 Å². The van der Waals surface area contributed by atoms with Gasteiger partial charge in [0.05, 0.1) is 32.5 Å². The summed E-state index contributed by atoms with van der Waals surface area (Å²) >= 11 is 0. The van der Waals surface area contributed by atoms with Crippen molar-refractivity contribution >= 4 is 49.5 Å². The third kappa shape index (κ3) is 48.6. The zero-order valence-corrected chi connectivity index (χ0v) is 61.0. The van der Waals surface area contributed by atoms with Crippen molar-refractivity contribution in [2.75, 3.05) is 13.2 Å². The number of carbonyl (C=O) groups excluding carboxylic acids is 6. The molecule has 0 aromatic carbocycles. The zero-order chi connectivity index (χ0) is 70.2. The van der Waals surface area contributed by atoms with Gasteiger partial charge in [-0.1, -0.05) is 260 Å². The van der Waals surface area contributed by atoms with Crippen LogP contribution >= 0.6 is 7.82 Å². The van der Waals surface area contributed by atoms with Crippen molar-refractivity contribution in [1.29, 1.82) is 0 Å². The number of aliphatic carboxylic acids is 1. The molecule has 1 aliphatic heterocycles. The molecule has 21 nitrogen and oxygen atoms in total. The summed E-state index contributed by atoms with van der Waals surface area (Å²) < 4.78 is 54.3. The molecule has 95 heavy (non-hydrogen) atoms. The molecule has 1 heterocycles. The van der Waals surface area contributed by atoms with Gasteiger partial charge in [-0.2, -0.15) is 0 Å². The molecule has 1 rings (SSSR count). The first-order chi connectivity index (χ1) is 45.8. The highest BCUT2D eigenvalue weighted by molar-refractivity contribution is 7.46. The summed E-state index contributed by atoms with van der Waals surface area (Å²) in [7, 11) is -5.55. The fourth-order valence-electron chi connectivity index (χ4n) is 12.1. The van der Waals surface area contributed by atoms with Crippen LogP contribution in [-0.4, -0.2) is 130 Å². The number of esters is 4. The Bertz CT molecular complexity index is 2030. The number of rotatable bonds is 65. The van der Waals surface area contributed by atoms with E-state index in [2.05, 4.69) is 38.3 Å². The summed E-state index contributed by atoms with van der Waals surface area (Å²) in [4.78, 5) is 117. The summed E-state index contributed by atoms with van der Waals surface area (Å²) in [5.74, 6) is -5.61. The van der Waals surface area contributed by atoms with Gasteiger partial charge in [0.2, 0.25) is 11.8 Å². The molecule has 0 aliphatic carbocycles. The number of unbranched alkanes of at least 4 members (excludes halogenated alkanes) is 34. The van der Waals surface area contributed by atoms with Crippen LogP contribution in [0.3, 0.4) is 0 Å². The third-order valence-electron chi connectivity index (χ3n) is 17.7. The van der Waals surface area contributed by atoms with Crippen LogP contribution in [0.5, 0.6) is 0 Å². The van der Waals surface area contributed by atoms with E-state index >= 15 is 0 Å². The normalized spacial score (nSPS) is 17.7. The predicted octanol–water partition coefficient (Wildman–Crippen LogP) is 16.1. The number of hydrogen-bond donors (Lipinski definition) is 6. The van der Waals surface area contributed by atoms with E-state index in [0.29, 0.717) is 51.4 Å². The van der Waals surface area contributed by atoms with E-state index in [9.17, 15) is 58.1 Å². The fraction of sp³-hybridized carbons (Fsp3) is 0.904. The lowest BCUT2D eigenvalue weighted by Crippen LogP contribution is -2.66. The lowest BCUT2D eigenvalue weighted by molar-refractivity contribution is -0.272. The molecule has 0 aromatic heterocycles. The van der Waals surface area contributed by atoms with E-state index in [4.69, 9.17) is 32.9 Å². The number of carboxylic acid groups (broad SMARTS) is 1. The molecular formula is C73H135N2O19P. The first kappa shape index (κ1) is 89.3. The maximum atomic E-state index is 14.7. The molecule has 1 saturated heterocycles. The largest absolute Gasteiger partial charge is 0.480 e. The van der Waals surface area contributed by atoms with Crippen LogP contribution in [0.25, 0.3) is 0 Å². The maximum Gasteiger partial charge on any atom is 0.470 e. The summed E-state index contributed by atoms with van der Waals surface area (Å²) in [6.45, 7) is 10.8. The van der Waals surface area contributed by atoms with Crippen LogP contribution in [0.1, 0.15) is 356 Å². The standard InChI is InChI=1S/C73H135N2O19P/c1-7-13-19-23-27-30-34-37-43-47-58(89-65(79)50-41-17-11-5)53-63(77)74-61(72(83)84)57-88-73-69(75-64(78)54-59(48-44-38-35-31-28-24-20-14-8-2)90-67(81)52-46-40-33-26-22-16-10-4)71(70(62(56-76)92-73)94-95(85,86)87)93-68(82)55-60(91-66(80)51-42-18-12-6)49-45-39-36-32-29-25-21-15-9-3/h58-62,69-71,73,76H,7-57H2,1-6H3,(H,74,77)(H,75,78)(H,83,84)(H2,85,86,87)/t58-,59-,60-,61+,62-,69-,70-,71-,73?/m1/s1. The Morgan fingerprint density at radius 1 is 0.432 bits per heavy atom. The Morgan fingerprint density at radius 3 is 1.12 bits per heavy atom. The van der Waals surface area contributed by atoms with Gasteiger partial charge in [0.1, 0.15) is 36.6 Å². The minimum Gasteiger partial charge on any atom is -0.480 e. The number of carbonyl (C=O) groups is 7. The Hall–Kier alpha value is -3.72. The Labute approximate surface area is 573 Å². The van der Waals surface area contributed by atoms with Crippen LogP contribution in [0.2, 0.25) is 0 Å². The van der Waals surface area contributed by atoms with Gasteiger partial charge in [0, 0.05) is 19.3 Å². The van der Waals surface area contributed by atoms with Crippen LogP contribution in [0.15, 0.2) is 0 Å². The Morgan fingerprint density at radius 2 is 0.758 bits per heavy atom. The van der Waals surface area contributed by atoms with E-state index in [-0.39, 0.29) is 32.1 Å². The highest BCUT2D eigenvalue weighted by Crippen LogP contribution is 2.42. The number of phosphoric acid groups is 1. The molecule has 0 saturated carbocycles. The average Bonchev–Trinajstić information content (AvgIpc) is 0.784. The number of phosphoric ester groups is 1. The topological polar surface area (TPSA) is 306 Å². The monoisotopic (exact) mass is 1370 g/mol. The van der Waals surface area contributed by atoms with Gasteiger partial charge in [-0.05, 0) is 57.8 Å². The number of carboxylic acids is 1.